The summed E-state index contributed by atoms with van der Waals surface area (Å²) in [5, 5.41) is 5.87. The van der Waals surface area contributed by atoms with Gasteiger partial charge in [0.1, 0.15) is 0 Å². The van der Waals surface area contributed by atoms with Crippen LogP contribution < -0.4 is 15.5 Å². The number of carbonyl (C=O) groups excluding carboxylic acids is 3. The highest BCUT2D eigenvalue weighted by Gasteiger charge is 2.25. The van der Waals surface area contributed by atoms with Crippen LogP contribution in [0.25, 0.3) is 0 Å². The van der Waals surface area contributed by atoms with Gasteiger partial charge in [0.25, 0.3) is 0 Å². The number of aryl methyl sites for hydroxylation is 1. The number of hydrogen-bond donors (Lipinski definition) is 3. The fourth-order valence-electron chi connectivity index (χ4n) is 4.61. The van der Waals surface area contributed by atoms with E-state index in [1.807, 2.05) is 63.2 Å². The molecule has 2 aromatic carbocycles. The molecule has 1 atom stereocenters. The number of unbranched alkanes of at least 4 members (excludes halogenated alkanes) is 3. The van der Waals surface area contributed by atoms with Gasteiger partial charge < -0.3 is 25.0 Å². The molecule has 0 fully saturated rings. The summed E-state index contributed by atoms with van der Waals surface area (Å²) in [5.74, 6) is 2.96. The third-order valence-electron chi connectivity index (χ3n) is 7.51. The highest BCUT2D eigenvalue weighted by atomic mass is 33.1. The van der Waals surface area contributed by atoms with Crippen LogP contribution in [-0.2, 0) is 30.0 Å². The molecule has 2 aromatic rings. The Morgan fingerprint density at radius 2 is 1.65 bits per heavy atom. The van der Waals surface area contributed by atoms with Crippen molar-refractivity contribution in [2.45, 2.75) is 96.5 Å². The maximum atomic E-state index is 13.4. The molecule has 12 heteroatoms. The van der Waals surface area contributed by atoms with Gasteiger partial charge in [0.2, 0.25) is 17.7 Å². The van der Waals surface area contributed by atoms with Gasteiger partial charge in [0.15, 0.2) is 0 Å². The lowest BCUT2D eigenvalue weighted by atomic mass is 10.1. The predicted octanol–water partition coefficient (Wildman–Crippen LogP) is 7.24. The number of anilines is 1. The molecule has 0 bridgehead atoms. The van der Waals surface area contributed by atoms with Crippen molar-refractivity contribution in [1.82, 2.24) is 10.6 Å². The number of amides is 3. The van der Waals surface area contributed by atoms with Gasteiger partial charge >= 0.3 is 7.60 Å². The van der Waals surface area contributed by atoms with E-state index in [2.05, 4.69) is 16.6 Å². The zero-order chi connectivity index (χ0) is 35.6. The summed E-state index contributed by atoms with van der Waals surface area (Å²) in [6.45, 7) is 11.1. The molecule has 48 heavy (non-hydrogen) atoms. The third-order valence-corrected chi connectivity index (χ3v) is 12.7. The smallest absolute Gasteiger partial charge is 0.330 e. The van der Waals surface area contributed by atoms with Crippen LogP contribution in [0, 0.1) is 19.3 Å². The third kappa shape index (κ3) is 15.7. The minimum absolute atomic E-state index is 0.00566. The molecule has 0 spiro atoms. The topological polar surface area (TPSA) is 125 Å². The van der Waals surface area contributed by atoms with E-state index in [1.54, 1.807) is 46.4 Å². The summed E-state index contributed by atoms with van der Waals surface area (Å²) in [5.41, 5.74) is 2.95. The SMILES string of the molecule is C#Cc1ccccc1N(Cc1ccccc1C)C(=O)CCC(=O)NCCSSC(C)(C)CC(=O)NCCCCCCOP(=O)(O)C(C)C. The number of nitrogens with one attached hydrogen (secondary N) is 2. The first-order valence-corrected chi connectivity index (χ1v) is 20.4. The average molecular weight is 718 g/mol. The Hall–Kier alpha value is -2.74. The lowest BCUT2D eigenvalue weighted by Gasteiger charge is -2.25. The standard InChI is InChI=1S/C36H52N3O6PS2/c1-7-30-17-12-13-19-32(30)39(27-31-18-11-10-16-29(31)4)35(42)21-20-33(40)38-23-25-47-48-36(5,6)26-34(41)37-22-14-8-9-15-24-45-46(43,44)28(2)3/h1,10-13,16-19,28H,8-9,14-15,20-27H2,2-6H3,(H,37,41)(H,38,40)(H,43,44). The first-order valence-electron chi connectivity index (χ1n) is 16.5. The Bertz CT molecular complexity index is 1430. The Kier molecular flexibility index (Phi) is 18.4. The predicted molar refractivity (Wildman–Crippen MR) is 200 cm³/mol. The summed E-state index contributed by atoms with van der Waals surface area (Å²) in [4.78, 5) is 49.8. The normalized spacial score (nSPS) is 12.6. The molecule has 3 amide bonds. The van der Waals surface area contributed by atoms with E-state index in [4.69, 9.17) is 10.9 Å². The van der Waals surface area contributed by atoms with Crippen LogP contribution in [-0.4, -0.2) is 58.5 Å². The van der Waals surface area contributed by atoms with Crippen LogP contribution >= 0.6 is 29.2 Å². The quantitative estimate of drug-likeness (QED) is 0.0504. The summed E-state index contributed by atoms with van der Waals surface area (Å²) in [6, 6.07) is 15.2. The molecule has 9 nitrogen and oxygen atoms in total. The van der Waals surface area contributed by atoms with Gasteiger partial charge in [-0.05, 0) is 56.9 Å². The maximum Gasteiger partial charge on any atom is 0.330 e. The Balaban J connectivity index is 1.66. The van der Waals surface area contributed by atoms with Crippen molar-refractivity contribution in [3.8, 4) is 12.3 Å². The molecule has 0 heterocycles. The molecule has 0 saturated carbocycles. The summed E-state index contributed by atoms with van der Waals surface area (Å²) in [6.07, 6.45) is 9.54. The Morgan fingerprint density at radius 3 is 2.35 bits per heavy atom. The fraction of sp³-hybridized carbons (Fsp3) is 0.528. The van der Waals surface area contributed by atoms with Crippen LogP contribution in [0.1, 0.15) is 89.3 Å². The van der Waals surface area contributed by atoms with E-state index in [1.165, 1.54) is 0 Å². The molecule has 0 aliphatic heterocycles. The van der Waals surface area contributed by atoms with Gasteiger partial charge in [0, 0.05) is 48.4 Å². The van der Waals surface area contributed by atoms with Crippen LogP contribution in [0.5, 0.6) is 0 Å². The first-order chi connectivity index (χ1) is 22.8. The van der Waals surface area contributed by atoms with E-state index in [-0.39, 0.29) is 41.9 Å². The number of para-hydroxylation sites is 1. The molecular formula is C36H52N3O6PS2. The minimum atomic E-state index is -3.50. The number of rotatable bonds is 22. The summed E-state index contributed by atoms with van der Waals surface area (Å²) in [7, 11) is -0.294. The van der Waals surface area contributed by atoms with Crippen molar-refractivity contribution in [3.05, 3.63) is 65.2 Å². The number of carbonyl (C=O) groups is 3. The average Bonchev–Trinajstić information content (AvgIpc) is 3.03. The molecule has 0 radical (unpaired) electrons. The summed E-state index contributed by atoms with van der Waals surface area (Å²) < 4.78 is 16.6. The molecular weight excluding hydrogens is 666 g/mol. The molecule has 0 aliphatic rings. The lowest BCUT2D eigenvalue weighted by Crippen LogP contribution is -2.33. The van der Waals surface area contributed by atoms with E-state index < -0.39 is 13.3 Å². The zero-order valence-corrected chi connectivity index (χ0v) is 31.5. The number of terminal acetylenes is 1. The van der Waals surface area contributed by atoms with Crippen LogP contribution in [0.2, 0.25) is 0 Å². The second-order valence-corrected chi connectivity index (χ2v) is 18.1. The van der Waals surface area contributed by atoms with Crippen LogP contribution in [0.3, 0.4) is 0 Å². The second-order valence-electron chi connectivity index (χ2n) is 12.5. The van der Waals surface area contributed by atoms with Gasteiger partial charge in [-0.15, -0.1) is 6.42 Å². The van der Waals surface area contributed by atoms with Gasteiger partial charge in [-0.1, -0.05) is 90.6 Å². The highest BCUT2D eigenvalue weighted by Crippen LogP contribution is 2.47. The Labute approximate surface area is 295 Å². The maximum absolute atomic E-state index is 13.4. The molecule has 3 N–H and O–H groups in total. The molecule has 1 unspecified atom stereocenters. The van der Waals surface area contributed by atoms with Crippen molar-refractivity contribution < 1.29 is 28.4 Å². The van der Waals surface area contributed by atoms with Crippen molar-refractivity contribution in [3.63, 3.8) is 0 Å². The van der Waals surface area contributed by atoms with E-state index in [9.17, 15) is 23.8 Å². The van der Waals surface area contributed by atoms with Gasteiger partial charge in [-0.3, -0.25) is 18.9 Å². The first kappa shape index (κ1) is 41.4. The number of hydrogen-bond acceptors (Lipinski definition) is 7. The molecule has 0 saturated heterocycles. The number of benzene rings is 2. The van der Waals surface area contributed by atoms with Crippen molar-refractivity contribution >= 4 is 52.6 Å². The van der Waals surface area contributed by atoms with Gasteiger partial charge in [0.05, 0.1) is 24.5 Å². The number of nitrogens with zero attached hydrogens (tertiary/aromatic N) is 1. The molecule has 2 rings (SSSR count). The zero-order valence-electron chi connectivity index (χ0n) is 29.0. The van der Waals surface area contributed by atoms with Crippen molar-refractivity contribution in [2.24, 2.45) is 0 Å². The van der Waals surface area contributed by atoms with Crippen molar-refractivity contribution in [2.75, 3.05) is 30.3 Å². The van der Waals surface area contributed by atoms with Crippen LogP contribution in [0.15, 0.2) is 48.5 Å². The van der Waals surface area contributed by atoms with Gasteiger partial charge in [-0.25, -0.2) is 0 Å². The lowest BCUT2D eigenvalue weighted by molar-refractivity contribution is -0.125. The van der Waals surface area contributed by atoms with E-state index in [0.29, 0.717) is 49.5 Å². The molecule has 0 aromatic heterocycles. The molecule has 0 aliphatic carbocycles. The van der Waals surface area contributed by atoms with E-state index in [0.717, 1.165) is 30.4 Å². The molecule has 264 valence electrons. The minimum Gasteiger partial charge on any atom is -0.356 e. The largest absolute Gasteiger partial charge is 0.356 e. The van der Waals surface area contributed by atoms with Gasteiger partial charge in [-0.2, -0.15) is 0 Å². The monoisotopic (exact) mass is 717 g/mol. The second kappa shape index (κ2) is 21.4. The fourth-order valence-corrected chi connectivity index (χ4v) is 7.71. The van der Waals surface area contributed by atoms with E-state index >= 15 is 0 Å². The highest BCUT2D eigenvalue weighted by molar-refractivity contribution is 8.77. The Morgan fingerprint density at radius 1 is 0.979 bits per heavy atom. The summed E-state index contributed by atoms with van der Waals surface area (Å²) >= 11 is 0. The van der Waals surface area contributed by atoms with Crippen LogP contribution in [0.4, 0.5) is 5.69 Å². The van der Waals surface area contributed by atoms with Crippen molar-refractivity contribution in [1.29, 1.82) is 0 Å².